The molecule has 0 aromatic carbocycles. The Kier molecular flexibility index (Phi) is 2.03. The van der Waals surface area contributed by atoms with Crippen molar-refractivity contribution in [3.8, 4) is 0 Å². The summed E-state index contributed by atoms with van der Waals surface area (Å²) in [4.78, 5) is 10.2. The maximum absolute atomic E-state index is 12.4. The van der Waals surface area contributed by atoms with Crippen LogP contribution in [0.3, 0.4) is 0 Å². The molecular weight excluding hydrogens is 177 g/mol. The van der Waals surface area contributed by atoms with Gasteiger partial charge >= 0.3 is 12.5 Å². The fraction of sp³-hybridized carbons (Fsp3) is 0.200. The second-order valence-corrected chi connectivity index (χ2v) is 1.87. The first-order valence-electron chi connectivity index (χ1n) is 2.78. The number of halogens is 3. The molecule has 0 aliphatic carbocycles. The van der Waals surface area contributed by atoms with Crippen molar-refractivity contribution in [1.82, 2.24) is 9.78 Å². The highest BCUT2D eigenvalue weighted by Gasteiger charge is 2.22. The number of carbonyl (C=O) groups is 1. The van der Waals surface area contributed by atoms with Crippen molar-refractivity contribution >= 4 is 5.97 Å². The van der Waals surface area contributed by atoms with Crippen molar-refractivity contribution in [1.29, 1.82) is 0 Å². The lowest BCUT2D eigenvalue weighted by Crippen LogP contribution is -2.11. The number of carboxylic acid groups (broad SMARTS) is 1. The lowest BCUT2D eigenvalue weighted by atomic mass is 10.4. The highest BCUT2D eigenvalue weighted by atomic mass is 19.3. The number of carboxylic acids is 1. The summed E-state index contributed by atoms with van der Waals surface area (Å²) in [5, 5.41) is 11.1. The van der Waals surface area contributed by atoms with E-state index in [0.717, 1.165) is 0 Å². The molecule has 7 heteroatoms. The number of rotatable bonds is 2. The molecule has 0 saturated heterocycles. The maximum atomic E-state index is 12.4. The molecule has 1 heterocycles. The topological polar surface area (TPSA) is 55.1 Å². The molecule has 1 rings (SSSR count). The molecule has 0 unspecified atom stereocenters. The molecule has 1 aromatic rings. The van der Waals surface area contributed by atoms with E-state index >= 15 is 0 Å². The third-order valence-electron chi connectivity index (χ3n) is 1.14. The van der Waals surface area contributed by atoms with Gasteiger partial charge in [-0.3, -0.25) is 0 Å². The van der Waals surface area contributed by atoms with E-state index in [1.165, 1.54) is 0 Å². The Morgan fingerprint density at radius 1 is 1.67 bits per heavy atom. The summed E-state index contributed by atoms with van der Waals surface area (Å²) in [5.74, 6) is -3.05. The number of hydrogen-bond donors (Lipinski definition) is 1. The van der Waals surface area contributed by atoms with Gasteiger partial charge in [0.05, 0.1) is 6.20 Å². The van der Waals surface area contributed by atoms with Crippen LogP contribution in [-0.4, -0.2) is 20.9 Å². The largest absolute Gasteiger partial charge is 0.476 e. The second kappa shape index (κ2) is 2.84. The maximum Gasteiger partial charge on any atom is 0.357 e. The summed E-state index contributed by atoms with van der Waals surface area (Å²) in [6, 6.07) is 0. The lowest BCUT2D eigenvalue weighted by Gasteiger charge is -2.00. The Morgan fingerprint density at radius 2 is 2.25 bits per heavy atom. The standard InChI is InChI=1S/C5H3F3N2O2/c6-2-1-9-10(5(7)8)3(2)4(11)12/h1,5H,(H,11,12). The van der Waals surface area contributed by atoms with Crippen LogP contribution in [0.5, 0.6) is 0 Å². The summed E-state index contributed by atoms with van der Waals surface area (Å²) >= 11 is 0. The molecule has 1 N–H and O–H groups in total. The van der Waals surface area contributed by atoms with E-state index in [9.17, 15) is 18.0 Å². The average Bonchev–Trinajstić information content (AvgIpc) is 2.30. The van der Waals surface area contributed by atoms with Crippen LogP contribution >= 0.6 is 0 Å². The summed E-state index contributed by atoms with van der Waals surface area (Å²) in [7, 11) is 0. The number of aromatic carboxylic acids is 1. The predicted molar refractivity (Wildman–Crippen MR) is 30.4 cm³/mol. The molecule has 0 bridgehead atoms. The van der Waals surface area contributed by atoms with E-state index in [0.29, 0.717) is 6.20 Å². The van der Waals surface area contributed by atoms with Crippen LogP contribution in [0, 0.1) is 5.82 Å². The summed E-state index contributed by atoms with van der Waals surface area (Å²) in [6.45, 7) is -3.15. The Bertz CT molecular complexity index is 310. The SMILES string of the molecule is O=C(O)c1c(F)cnn1C(F)F. The molecule has 0 saturated carbocycles. The number of nitrogens with zero attached hydrogens (tertiary/aromatic N) is 2. The second-order valence-electron chi connectivity index (χ2n) is 1.87. The van der Waals surface area contributed by atoms with Crippen LogP contribution in [0.2, 0.25) is 0 Å². The third-order valence-corrected chi connectivity index (χ3v) is 1.14. The van der Waals surface area contributed by atoms with E-state index in [4.69, 9.17) is 5.11 Å². The van der Waals surface area contributed by atoms with Crippen molar-refractivity contribution in [2.75, 3.05) is 0 Å². The minimum absolute atomic E-state index is 0.197. The molecule has 0 radical (unpaired) electrons. The number of alkyl halides is 2. The van der Waals surface area contributed by atoms with Gasteiger partial charge in [0.15, 0.2) is 11.5 Å². The van der Waals surface area contributed by atoms with Crippen molar-refractivity contribution in [2.45, 2.75) is 6.55 Å². The highest BCUT2D eigenvalue weighted by molar-refractivity contribution is 5.85. The molecular formula is C5H3F3N2O2. The molecule has 0 spiro atoms. The van der Waals surface area contributed by atoms with Crippen molar-refractivity contribution < 1.29 is 23.1 Å². The summed E-state index contributed by atoms with van der Waals surface area (Å²) in [6.07, 6.45) is 0.426. The van der Waals surface area contributed by atoms with Gasteiger partial charge < -0.3 is 5.11 Å². The van der Waals surface area contributed by atoms with Crippen molar-refractivity contribution in [3.63, 3.8) is 0 Å². The summed E-state index contributed by atoms with van der Waals surface area (Å²) < 4.78 is 36.0. The lowest BCUT2D eigenvalue weighted by molar-refractivity contribution is 0.0431. The molecule has 0 atom stereocenters. The monoisotopic (exact) mass is 180 g/mol. The van der Waals surface area contributed by atoms with E-state index in [-0.39, 0.29) is 4.68 Å². The first-order valence-corrected chi connectivity index (χ1v) is 2.78. The van der Waals surface area contributed by atoms with E-state index < -0.39 is 24.0 Å². The molecule has 0 aliphatic rings. The van der Waals surface area contributed by atoms with E-state index in [1.54, 1.807) is 0 Å². The van der Waals surface area contributed by atoms with Gasteiger partial charge in [-0.1, -0.05) is 0 Å². The number of hydrogen-bond acceptors (Lipinski definition) is 2. The quantitative estimate of drug-likeness (QED) is 0.741. The van der Waals surface area contributed by atoms with Crippen LogP contribution in [0.4, 0.5) is 13.2 Å². The zero-order chi connectivity index (χ0) is 9.30. The minimum Gasteiger partial charge on any atom is -0.476 e. The fourth-order valence-electron chi connectivity index (χ4n) is 0.689. The molecule has 0 amide bonds. The van der Waals surface area contributed by atoms with Crippen LogP contribution in [0.15, 0.2) is 6.20 Å². The van der Waals surface area contributed by atoms with E-state index in [1.807, 2.05) is 0 Å². The van der Waals surface area contributed by atoms with Gasteiger partial charge in [-0.15, -0.1) is 0 Å². The highest BCUT2D eigenvalue weighted by Crippen LogP contribution is 2.14. The van der Waals surface area contributed by atoms with Gasteiger partial charge in [-0.2, -0.15) is 18.6 Å². The molecule has 0 fully saturated rings. The Hall–Kier alpha value is -1.53. The van der Waals surface area contributed by atoms with Crippen molar-refractivity contribution in [2.24, 2.45) is 0 Å². The van der Waals surface area contributed by atoms with Crippen molar-refractivity contribution in [3.05, 3.63) is 17.7 Å². The molecule has 4 nitrogen and oxygen atoms in total. The van der Waals surface area contributed by atoms with Crippen LogP contribution in [0.1, 0.15) is 17.0 Å². The van der Waals surface area contributed by atoms with Gasteiger partial charge in [0, 0.05) is 0 Å². The Labute approximate surface area is 64.2 Å². The molecule has 0 aliphatic heterocycles. The van der Waals surface area contributed by atoms with Gasteiger partial charge in [-0.05, 0) is 0 Å². The zero-order valence-electron chi connectivity index (χ0n) is 5.54. The van der Waals surface area contributed by atoms with Crippen LogP contribution in [0.25, 0.3) is 0 Å². The Balaban J connectivity index is 3.21. The van der Waals surface area contributed by atoms with E-state index in [2.05, 4.69) is 5.10 Å². The Morgan fingerprint density at radius 3 is 2.58 bits per heavy atom. The third kappa shape index (κ3) is 1.25. The molecule has 66 valence electrons. The summed E-state index contributed by atoms with van der Waals surface area (Å²) in [5.41, 5.74) is -1.13. The van der Waals surface area contributed by atoms with Gasteiger partial charge in [0.1, 0.15) is 0 Å². The van der Waals surface area contributed by atoms with Gasteiger partial charge in [0.2, 0.25) is 0 Å². The first-order chi connectivity index (χ1) is 5.54. The number of aromatic nitrogens is 2. The molecule has 1 aromatic heterocycles. The zero-order valence-corrected chi connectivity index (χ0v) is 5.54. The smallest absolute Gasteiger partial charge is 0.357 e. The molecule has 12 heavy (non-hydrogen) atoms. The average molecular weight is 180 g/mol. The van der Waals surface area contributed by atoms with Crippen LogP contribution in [-0.2, 0) is 0 Å². The first kappa shape index (κ1) is 8.57. The normalized spacial score (nSPS) is 10.7. The minimum atomic E-state index is -3.15. The van der Waals surface area contributed by atoms with Gasteiger partial charge in [-0.25, -0.2) is 9.18 Å². The van der Waals surface area contributed by atoms with Gasteiger partial charge in [0.25, 0.3) is 0 Å². The predicted octanol–water partition coefficient (Wildman–Crippen LogP) is 1.12. The van der Waals surface area contributed by atoms with Crippen LogP contribution < -0.4 is 0 Å². The fourth-order valence-corrected chi connectivity index (χ4v) is 0.689.